The van der Waals surface area contributed by atoms with Gasteiger partial charge in [-0.1, -0.05) is 25.1 Å². The van der Waals surface area contributed by atoms with Crippen LogP contribution in [0.1, 0.15) is 18.5 Å². The van der Waals surface area contributed by atoms with Gasteiger partial charge in [-0.25, -0.2) is 4.39 Å². The molecule has 0 aromatic heterocycles. The van der Waals surface area contributed by atoms with Crippen molar-refractivity contribution in [3.8, 4) is 0 Å². The van der Waals surface area contributed by atoms with Gasteiger partial charge in [0.15, 0.2) is 0 Å². The molecule has 2 rings (SSSR count). The van der Waals surface area contributed by atoms with Crippen molar-refractivity contribution in [1.29, 1.82) is 0 Å². The van der Waals surface area contributed by atoms with Gasteiger partial charge in [0.05, 0.1) is 12.7 Å². The summed E-state index contributed by atoms with van der Waals surface area (Å²) in [5.41, 5.74) is 1.11. The van der Waals surface area contributed by atoms with E-state index in [0.29, 0.717) is 0 Å². The number of hydrogen-bond donors (Lipinski definition) is 0. The van der Waals surface area contributed by atoms with Crippen LogP contribution < -0.4 is 0 Å². The van der Waals surface area contributed by atoms with E-state index in [-0.39, 0.29) is 11.9 Å². The van der Waals surface area contributed by atoms with Crippen molar-refractivity contribution in [2.45, 2.75) is 13.0 Å². The maximum absolute atomic E-state index is 12.9. The minimum atomic E-state index is -0.187. The third-order valence-corrected chi connectivity index (χ3v) is 3.36. The van der Waals surface area contributed by atoms with Crippen LogP contribution in [-0.4, -0.2) is 36.1 Å². The number of benzene rings is 1. The van der Waals surface area contributed by atoms with Gasteiger partial charge in [-0.05, 0) is 24.2 Å². The summed E-state index contributed by atoms with van der Waals surface area (Å²) in [5, 5.41) is 0. The van der Waals surface area contributed by atoms with Crippen LogP contribution in [0.15, 0.2) is 36.9 Å². The predicted molar refractivity (Wildman–Crippen MR) is 68.2 cm³/mol. The SMILES string of the molecule is C=CC(c1ccc(F)cc1)N1CCN(CC)C1. The number of likely N-dealkylation sites (N-methyl/N-ethyl adjacent to an activating group) is 1. The Hall–Kier alpha value is -1.19. The van der Waals surface area contributed by atoms with Crippen LogP contribution in [0, 0.1) is 5.82 Å². The van der Waals surface area contributed by atoms with Crippen LogP contribution in [0.25, 0.3) is 0 Å². The van der Waals surface area contributed by atoms with Crippen molar-refractivity contribution in [3.63, 3.8) is 0 Å². The van der Waals surface area contributed by atoms with Crippen molar-refractivity contribution >= 4 is 0 Å². The molecule has 2 nitrogen and oxygen atoms in total. The fourth-order valence-corrected chi connectivity index (χ4v) is 2.31. The van der Waals surface area contributed by atoms with E-state index in [1.54, 1.807) is 0 Å². The van der Waals surface area contributed by atoms with E-state index in [1.165, 1.54) is 12.1 Å². The summed E-state index contributed by atoms with van der Waals surface area (Å²) in [6.07, 6.45) is 1.94. The Morgan fingerprint density at radius 1 is 1.35 bits per heavy atom. The molecule has 0 amide bonds. The molecule has 1 heterocycles. The van der Waals surface area contributed by atoms with Crippen LogP contribution in [-0.2, 0) is 0 Å². The van der Waals surface area contributed by atoms with E-state index in [2.05, 4.69) is 23.3 Å². The molecule has 0 aliphatic carbocycles. The summed E-state index contributed by atoms with van der Waals surface area (Å²) in [4.78, 5) is 4.75. The van der Waals surface area contributed by atoms with E-state index >= 15 is 0 Å². The number of hydrogen-bond acceptors (Lipinski definition) is 2. The minimum Gasteiger partial charge on any atom is -0.289 e. The maximum Gasteiger partial charge on any atom is 0.123 e. The molecule has 1 aliphatic rings. The summed E-state index contributed by atoms with van der Waals surface area (Å²) >= 11 is 0. The second-order valence-corrected chi connectivity index (χ2v) is 4.40. The number of halogens is 1. The maximum atomic E-state index is 12.9. The molecule has 0 saturated carbocycles. The van der Waals surface area contributed by atoms with E-state index in [4.69, 9.17) is 0 Å². The molecule has 1 fully saturated rings. The molecule has 1 unspecified atom stereocenters. The van der Waals surface area contributed by atoms with Crippen molar-refractivity contribution in [3.05, 3.63) is 48.3 Å². The second-order valence-electron chi connectivity index (χ2n) is 4.40. The first kappa shape index (κ1) is 12.3. The molecule has 1 atom stereocenters. The Kier molecular flexibility index (Phi) is 3.92. The van der Waals surface area contributed by atoms with Crippen LogP contribution in [0.5, 0.6) is 0 Å². The Balaban J connectivity index is 2.11. The minimum absolute atomic E-state index is 0.187. The monoisotopic (exact) mass is 234 g/mol. The van der Waals surface area contributed by atoms with E-state index < -0.39 is 0 Å². The molecule has 17 heavy (non-hydrogen) atoms. The topological polar surface area (TPSA) is 6.48 Å². The molecule has 0 spiro atoms. The summed E-state index contributed by atoms with van der Waals surface area (Å²) in [5.74, 6) is -0.187. The van der Waals surface area contributed by atoms with Crippen molar-refractivity contribution in [1.82, 2.24) is 9.80 Å². The first-order valence-corrected chi connectivity index (χ1v) is 6.09. The lowest BCUT2D eigenvalue weighted by Crippen LogP contribution is -2.28. The normalized spacial score (nSPS) is 19.4. The van der Waals surface area contributed by atoms with Crippen LogP contribution >= 0.6 is 0 Å². The molecular weight excluding hydrogens is 215 g/mol. The fourth-order valence-electron chi connectivity index (χ4n) is 2.31. The average molecular weight is 234 g/mol. The molecule has 0 N–H and O–H groups in total. The fraction of sp³-hybridized carbons (Fsp3) is 0.429. The summed E-state index contributed by atoms with van der Waals surface area (Å²) < 4.78 is 12.9. The van der Waals surface area contributed by atoms with E-state index in [0.717, 1.165) is 31.9 Å². The van der Waals surface area contributed by atoms with E-state index in [1.807, 2.05) is 18.2 Å². The number of rotatable bonds is 4. The summed E-state index contributed by atoms with van der Waals surface area (Å²) in [6.45, 7) is 10.3. The summed E-state index contributed by atoms with van der Waals surface area (Å²) in [6, 6.07) is 6.90. The standard InChI is InChI=1S/C14H19FN2/c1-3-14(12-5-7-13(15)8-6-12)17-10-9-16(4-2)11-17/h3,5-8,14H,1,4,9-11H2,2H3. The van der Waals surface area contributed by atoms with Gasteiger partial charge in [0.1, 0.15) is 5.82 Å². The highest BCUT2D eigenvalue weighted by Crippen LogP contribution is 2.24. The molecule has 0 bridgehead atoms. The van der Waals surface area contributed by atoms with Crippen LogP contribution in [0.4, 0.5) is 4.39 Å². The van der Waals surface area contributed by atoms with Gasteiger partial charge in [-0.2, -0.15) is 0 Å². The van der Waals surface area contributed by atoms with Crippen molar-refractivity contribution in [2.24, 2.45) is 0 Å². The van der Waals surface area contributed by atoms with E-state index in [9.17, 15) is 4.39 Å². The third kappa shape index (κ3) is 2.73. The van der Waals surface area contributed by atoms with Crippen molar-refractivity contribution in [2.75, 3.05) is 26.3 Å². The average Bonchev–Trinajstić information content (AvgIpc) is 2.81. The smallest absolute Gasteiger partial charge is 0.123 e. The lowest BCUT2D eigenvalue weighted by molar-refractivity contribution is 0.223. The summed E-state index contributed by atoms with van der Waals surface area (Å²) in [7, 11) is 0. The van der Waals surface area contributed by atoms with Gasteiger partial charge in [-0.3, -0.25) is 9.80 Å². The van der Waals surface area contributed by atoms with Gasteiger partial charge in [-0.15, -0.1) is 6.58 Å². The van der Waals surface area contributed by atoms with Crippen LogP contribution in [0.2, 0.25) is 0 Å². The number of nitrogens with zero attached hydrogens (tertiary/aromatic N) is 2. The lowest BCUT2D eigenvalue weighted by Gasteiger charge is -2.25. The Morgan fingerprint density at radius 3 is 2.59 bits per heavy atom. The third-order valence-electron chi connectivity index (χ3n) is 3.36. The largest absolute Gasteiger partial charge is 0.289 e. The van der Waals surface area contributed by atoms with Crippen molar-refractivity contribution < 1.29 is 4.39 Å². The first-order chi connectivity index (χ1) is 8.24. The lowest BCUT2D eigenvalue weighted by atomic mass is 10.1. The van der Waals surface area contributed by atoms with Gasteiger partial charge in [0, 0.05) is 13.1 Å². The molecule has 0 radical (unpaired) electrons. The molecule has 1 aromatic carbocycles. The highest BCUT2D eigenvalue weighted by molar-refractivity contribution is 5.23. The molecule has 1 aliphatic heterocycles. The molecular formula is C14H19FN2. The van der Waals surface area contributed by atoms with Gasteiger partial charge in [0.25, 0.3) is 0 Å². The quantitative estimate of drug-likeness (QED) is 0.739. The molecule has 92 valence electrons. The van der Waals surface area contributed by atoms with Gasteiger partial charge >= 0.3 is 0 Å². The highest BCUT2D eigenvalue weighted by atomic mass is 19.1. The first-order valence-electron chi connectivity index (χ1n) is 6.09. The Labute approximate surface area is 102 Å². The zero-order chi connectivity index (χ0) is 12.3. The molecule has 3 heteroatoms. The van der Waals surface area contributed by atoms with Gasteiger partial charge in [0.2, 0.25) is 0 Å². The predicted octanol–water partition coefficient (Wildman–Crippen LogP) is 2.65. The van der Waals surface area contributed by atoms with Crippen LogP contribution in [0.3, 0.4) is 0 Å². The van der Waals surface area contributed by atoms with Gasteiger partial charge < -0.3 is 0 Å². The Bertz CT molecular complexity index is 374. The highest BCUT2D eigenvalue weighted by Gasteiger charge is 2.24. The Morgan fingerprint density at radius 2 is 2.06 bits per heavy atom. The second kappa shape index (κ2) is 5.43. The molecule has 1 saturated heterocycles. The molecule has 1 aromatic rings. The zero-order valence-corrected chi connectivity index (χ0v) is 10.3. The zero-order valence-electron chi connectivity index (χ0n) is 10.3.